The van der Waals surface area contributed by atoms with Gasteiger partial charge in [-0.05, 0) is 12.0 Å². The number of hydrogen-bond acceptors (Lipinski definition) is 2. The van der Waals surface area contributed by atoms with Crippen molar-refractivity contribution in [3.8, 4) is 0 Å². The van der Waals surface area contributed by atoms with Crippen LogP contribution in [0.2, 0.25) is 0 Å². The van der Waals surface area contributed by atoms with Crippen LogP contribution in [0.15, 0.2) is 30.3 Å². The first-order chi connectivity index (χ1) is 5.79. The van der Waals surface area contributed by atoms with Crippen molar-refractivity contribution in [1.82, 2.24) is 0 Å². The molecule has 1 aromatic carbocycles. The first-order valence-electron chi connectivity index (χ1n) is 3.54. The van der Waals surface area contributed by atoms with Crippen LogP contribution >= 0.6 is 10.7 Å². The second-order valence-corrected chi connectivity index (χ2v) is 3.63. The fourth-order valence-electron chi connectivity index (χ4n) is 0.870. The summed E-state index contributed by atoms with van der Waals surface area (Å²) in [6, 6.07) is 9.82. The van der Waals surface area contributed by atoms with E-state index < -0.39 is 10.3 Å². The Balaban J connectivity index is 2.29. The molecule has 66 valence electrons. The maximum absolute atomic E-state index is 10.3. The average Bonchev–Trinajstić information content (AvgIpc) is 2.05. The zero-order valence-corrected chi connectivity index (χ0v) is 7.98. The van der Waals surface area contributed by atoms with Crippen LogP contribution in [0, 0.1) is 0 Å². The Morgan fingerprint density at radius 3 is 2.58 bits per heavy atom. The molecule has 1 unspecified atom stereocenters. The minimum atomic E-state index is -1.67. The molecule has 0 radical (unpaired) electrons. The Morgan fingerprint density at radius 2 is 2.00 bits per heavy atom. The topological polar surface area (TPSA) is 26.3 Å². The van der Waals surface area contributed by atoms with Crippen molar-refractivity contribution in [2.45, 2.75) is 6.42 Å². The Bertz CT molecular complexity index is 250. The van der Waals surface area contributed by atoms with Crippen LogP contribution in [0.4, 0.5) is 0 Å². The van der Waals surface area contributed by atoms with Crippen LogP contribution in [-0.2, 0) is 20.9 Å². The molecule has 0 fully saturated rings. The molecule has 1 atom stereocenters. The first kappa shape index (κ1) is 9.71. The highest BCUT2D eigenvalue weighted by molar-refractivity contribution is 8.04. The number of rotatable bonds is 4. The van der Waals surface area contributed by atoms with E-state index in [1.807, 2.05) is 30.3 Å². The van der Waals surface area contributed by atoms with E-state index in [-0.39, 0.29) is 0 Å². The minimum absolute atomic E-state index is 0.389. The third-order valence-electron chi connectivity index (χ3n) is 1.41. The van der Waals surface area contributed by atoms with Crippen LogP contribution in [0.25, 0.3) is 0 Å². The fraction of sp³-hybridized carbons (Fsp3) is 0.250. The molecule has 0 aliphatic rings. The van der Waals surface area contributed by atoms with Crippen molar-refractivity contribution in [1.29, 1.82) is 0 Å². The third-order valence-corrected chi connectivity index (χ3v) is 2.03. The molecule has 0 bridgehead atoms. The quantitative estimate of drug-likeness (QED) is 0.702. The largest absolute Gasteiger partial charge is 0.278 e. The van der Waals surface area contributed by atoms with Crippen molar-refractivity contribution in [2.24, 2.45) is 0 Å². The summed E-state index contributed by atoms with van der Waals surface area (Å²) in [5.74, 6) is 0. The molecule has 0 amide bonds. The summed E-state index contributed by atoms with van der Waals surface area (Å²) in [7, 11) is 3.43. The van der Waals surface area contributed by atoms with Crippen LogP contribution in [0.5, 0.6) is 0 Å². The third kappa shape index (κ3) is 3.85. The first-order valence-corrected chi connectivity index (χ1v) is 5.44. The normalized spacial score (nSPS) is 12.8. The van der Waals surface area contributed by atoms with Crippen LogP contribution < -0.4 is 0 Å². The lowest BCUT2D eigenvalue weighted by molar-refractivity contribution is 0.360. The second kappa shape index (κ2) is 5.30. The molecule has 1 aromatic rings. The van der Waals surface area contributed by atoms with Gasteiger partial charge in [-0.2, -0.15) is 0 Å². The summed E-state index contributed by atoms with van der Waals surface area (Å²) in [5, 5.41) is 0. The van der Waals surface area contributed by atoms with Gasteiger partial charge in [-0.25, -0.2) is 4.21 Å². The van der Waals surface area contributed by atoms with Gasteiger partial charge in [0.2, 0.25) is 0 Å². The van der Waals surface area contributed by atoms with Crippen molar-refractivity contribution < 1.29 is 8.39 Å². The summed E-state index contributed by atoms with van der Waals surface area (Å²) in [6.45, 7) is 0.389. The Labute approximate surface area is 78.7 Å². The summed E-state index contributed by atoms with van der Waals surface area (Å²) in [5.41, 5.74) is 1.15. The Hall–Kier alpha value is -0.380. The van der Waals surface area contributed by atoms with Gasteiger partial charge in [-0.15, -0.1) is 0 Å². The van der Waals surface area contributed by atoms with Gasteiger partial charge in [0.1, 0.15) is 0 Å². The number of benzene rings is 1. The average molecular weight is 205 g/mol. The van der Waals surface area contributed by atoms with E-state index in [1.54, 1.807) is 0 Å². The molecule has 4 heteroatoms. The maximum atomic E-state index is 10.3. The standard InChI is InChI=1S/C8H9ClO2S/c9-12(10)11-7-6-8-4-2-1-3-5-8/h1-5H,6-7H2. The SMILES string of the molecule is O=S(Cl)OCCc1ccccc1. The number of halogens is 1. The van der Waals surface area contributed by atoms with Crippen molar-refractivity contribution in [2.75, 3.05) is 6.61 Å². The molecule has 0 aliphatic carbocycles. The zero-order chi connectivity index (χ0) is 8.81. The highest BCUT2D eigenvalue weighted by atomic mass is 35.7. The van der Waals surface area contributed by atoms with Crippen molar-refractivity contribution in [3.05, 3.63) is 35.9 Å². The predicted octanol–water partition coefficient (Wildman–Crippen LogP) is 2.06. The van der Waals surface area contributed by atoms with Gasteiger partial charge in [0.25, 0.3) is 10.3 Å². The Morgan fingerprint density at radius 1 is 1.33 bits per heavy atom. The molecular formula is C8H9ClO2S. The Kier molecular flexibility index (Phi) is 4.29. The van der Waals surface area contributed by atoms with Gasteiger partial charge in [0.05, 0.1) is 6.61 Å². The van der Waals surface area contributed by atoms with Crippen LogP contribution in [0.3, 0.4) is 0 Å². The van der Waals surface area contributed by atoms with Gasteiger partial charge >= 0.3 is 0 Å². The molecule has 2 nitrogen and oxygen atoms in total. The smallest absolute Gasteiger partial charge is 0.255 e. The van der Waals surface area contributed by atoms with E-state index in [1.165, 1.54) is 0 Å². The van der Waals surface area contributed by atoms with E-state index in [2.05, 4.69) is 4.18 Å². The molecule has 0 heterocycles. The lowest BCUT2D eigenvalue weighted by atomic mass is 10.2. The van der Waals surface area contributed by atoms with Crippen LogP contribution in [0.1, 0.15) is 5.56 Å². The highest BCUT2D eigenvalue weighted by Gasteiger charge is 1.94. The molecule has 0 aliphatic heterocycles. The molecule has 0 spiro atoms. The molecular weight excluding hydrogens is 196 g/mol. The molecule has 1 rings (SSSR count). The zero-order valence-electron chi connectivity index (χ0n) is 6.40. The lowest BCUT2D eigenvalue weighted by Gasteiger charge is -1.98. The van der Waals surface area contributed by atoms with Gasteiger partial charge in [-0.1, -0.05) is 30.3 Å². The molecule has 0 saturated heterocycles. The number of hydrogen-bond donors (Lipinski definition) is 0. The monoisotopic (exact) mass is 204 g/mol. The molecule has 0 saturated carbocycles. The summed E-state index contributed by atoms with van der Waals surface area (Å²) >= 11 is 0. The summed E-state index contributed by atoms with van der Waals surface area (Å²) in [6.07, 6.45) is 0.735. The van der Waals surface area contributed by atoms with Crippen molar-refractivity contribution >= 4 is 21.0 Å². The summed E-state index contributed by atoms with van der Waals surface area (Å²) < 4.78 is 15.0. The van der Waals surface area contributed by atoms with Gasteiger partial charge < -0.3 is 0 Å². The van der Waals surface area contributed by atoms with Crippen LogP contribution in [-0.4, -0.2) is 10.8 Å². The highest BCUT2D eigenvalue weighted by Crippen LogP contribution is 2.01. The van der Waals surface area contributed by atoms with E-state index in [0.29, 0.717) is 6.61 Å². The fourth-order valence-corrected chi connectivity index (χ4v) is 1.27. The molecule has 0 N–H and O–H groups in total. The minimum Gasteiger partial charge on any atom is -0.278 e. The van der Waals surface area contributed by atoms with E-state index in [9.17, 15) is 4.21 Å². The van der Waals surface area contributed by atoms with E-state index in [0.717, 1.165) is 12.0 Å². The molecule has 12 heavy (non-hydrogen) atoms. The molecule has 0 aromatic heterocycles. The maximum Gasteiger partial charge on any atom is 0.255 e. The van der Waals surface area contributed by atoms with E-state index in [4.69, 9.17) is 10.7 Å². The predicted molar refractivity (Wildman–Crippen MR) is 50.1 cm³/mol. The van der Waals surface area contributed by atoms with E-state index >= 15 is 0 Å². The lowest BCUT2D eigenvalue weighted by Crippen LogP contribution is -1.97. The van der Waals surface area contributed by atoms with Gasteiger partial charge in [0.15, 0.2) is 0 Å². The van der Waals surface area contributed by atoms with Gasteiger partial charge in [0, 0.05) is 10.7 Å². The summed E-state index contributed by atoms with van der Waals surface area (Å²) in [4.78, 5) is 0. The van der Waals surface area contributed by atoms with Crippen molar-refractivity contribution in [3.63, 3.8) is 0 Å². The van der Waals surface area contributed by atoms with Gasteiger partial charge in [-0.3, -0.25) is 4.18 Å². The second-order valence-electron chi connectivity index (χ2n) is 2.25.